The van der Waals surface area contributed by atoms with E-state index in [4.69, 9.17) is 14.2 Å². The molecule has 2 saturated heterocycles. The first-order chi connectivity index (χ1) is 12.6. The van der Waals surface area contributed by atoms with Crippen LogP contribution in [0.4, 0.5) is 0 Å². The Hall–Kier alpha value is -0.360. The van der Waals surface area contributed by atoms with Gasteiger partial charge in [-0.3, -0.25) is 0 Å². The van der Waals surface area contributed by atoms with Gasteiger partial charge in [0.25, 0.3) is 0 Å². The monoisotopic (exact) mass is 408 g/mol. The highest BCUT2D eigenvalue weighted by Gasteiger charge is 2.52. The SMILES string of the molecule is CC(C)(C)CC1OC(OC2C(O)C(O)C(O)OC2C(C)(C)C)C(O)C(O)C1O. The number of aliphatic hydroxyl groups is 6. The summed E-state index contributed by atoms with van der Waals surface area (Å²) in [5.41, 5.74) is -0.810. The van der Waals surface area contributed by atoms with Gasteiger partial charge in [0.2, 0.25) is 0 Å². The van der Waals surface area contributed by atoms with Crippen molar-refractivity contribution in [2.75, 3.05) is 0 Å². The first kappa shape index (κ1) is 23.9. The zero-order valence-corrected chi connectivity index (χ0v) is 17.4. The summed E-state index contributed by atoms with van der Waals surface area (Å²) < 4.78 is 17.0. The van der Waals surface area contributed by atoms with Crippen LogP contribution < -0.4 is 0 Å². The Morgan fingerprint density at radius 3 is 1.79 bits per heavy atom. The molecule has 9 heteroatoms. The Bertz CT molecular complexity index is 515. The van der Waals surface area contributed by atoms with E-state index in [9.17, 15) is 30.6 Å². The van der Waals surface area contributed by atoms with E-state index in [2.05, 4.69) is 0 Å². The summed E-state index contributed by atoms with van der Waals surface area (Å²) >= 11 is 0. The molecule has 0 bridgehead atoms. The third kappa shape index (κ3) is 5.21. The van der Waals surface area contributed by atoms with Crippen LogP contribution in [0.2, 0.25) is 0 Å². The summed E-state index contributed by atoms with van der Waals surface area (Å²) in [5.74, 6) is 0. The highest BCUT2D eigenvalue weighted by molar-refractivity contribution is 4.97. The van der Waals surface area contributed by atoms with Crippen molar-refractivity contribution in [3.8, 4) is 0 Å². The predicted octanol–water partition coefficient (Wildman–Crippen LogP) is -0.899. The maximum atomic E-state index is 10.5. The molecule has 0 spiro atoms. The van der Waals surface area contributed by atoms with Crippen molar-refractivity contribution in [3.05, 3.63) is 0 Å². The number of hydrogen-bond donors (Lipinski definition) is 6. The van der Waals surface area contributed by atoms with Gasteiger partial charge in [0.05, 0.1) is 12.2 Å². The fraction of sp³-hybridized carbons (Fsp3) is 1.00. The Morgan fingerprint density at radius 2 is 1.29 bits per heavy atom. The molecule has 10 atom stereocenters. The zero-order valence-electron chi connectivity index (χ0n) is 17.4. The van der Waals surface area contributed by atoms with Crippen molar-refractivity contribution >= 4 is 0 Å². The van der Waals surface area contributed by atoms with Crippen LogP contribution in [0.3, 0.4) is 0 Å². The van der Waals surface area contributed by atoms with Gasteiger partial charge in [-0.2, -0.15) is 0 Å². The maximum Gasteiger partial charge on any atom is 0.187 e. The van der Waals surface area contributed by atoms with Crippen LogP contribution in [-0.4, -0.2) is 92.1 Å². The molecule has 2 rings (SSSR count). The van der Waals surface area contributed by atoms with Crippen molar-refractivity contribution in [2.45, 2.75) is 109 Å². The third-order valence-corrected chi connectivity index (χ3v) is 5.19. The van der Waals surface area contributed by atoms with Crippen molar-refractivity contribution in [2.24, 2.45) is 10.8 Å². The molecule has 9 nitrogen and oxygen atoms in total. The lowest BCUT2D eigenvalue weighted by Gasteiger charge is -2.49. The first-order valence-electron chi connectivity index (χ1n) is 9.68. The molecule has 166 valence electrons. The molecular formula is C19H36O9. The van der Waals surface area contributed by atoms with Gasteiger partial charge in [0, 0.05) is 0 Å². The molecule has 28 heavy (non-hydrogen) atoms. The van der Waals surface area contributed by atoms with Crippen LogP contribution in [0.5, 0.6) is 0 Å². The summed E-state index contributed by atoms with van der Waals surface area (Å²) in [7, 11) is 0. The lowest BCUT2D eigenvalue weighted by atomic mass is 9.81. The van der Waals surface area contributed by atoms with E-state index in [1.54, 1.807) is 0 Å². The Balaban J connectivity index is 2.24. The molecule has 10 unspecified atom stereocenters. The molecule has 2 heterocycles. The van der Waals surface area contributed by atoms with Gasteiger partial charge in [-0.05, 0) is 17.3 Å². The average Bonchev–Trinajstić information content (AvgIpc) is 2.54. The van der Waals surface area contributed by atoms with Crippen molar-refractivity contribution in [1.82, 2.24) is 0 Å². The van der Waals surface area contributed by atoms with Crippen LogP contribution in [0.15, 0.2) is 0 Å². The molecule has 0 aromatic heterocycles. The second kappa shape index (κ2) is 8.41. The highest BCUT2D eigenvalue weighted by atomic mass is 16.7. The second-order valence-corrected chi connectivity index (χ2v) is 10.2. The Labute approximate surface area is 165 Å². The van der Waals surface area contributed by atoms with Gasteiger partial charge < -0.3 is 44.8 Å². The summed E-state index contributed by atoms with van der Waals surface area (Å²) in [6.07, 6.45) is -12.8. The lowest BCUT2D eigenvalue weighted by molar-refractivity contribution is -0.361. The minimum absolute atomic E-state index is 0.222. The highest BCUT2D eigenvalue weighted by Crippen LogP contribution is 2.37. The Morgan fingerprint density at radius 1 is 0.714 bits per heavy atom. The fourth-order valence-electron chi connectivity index (χ4n) is 3.66. The van der Waals surface area contributed by atoms with Crippen LogP contribution in [0, 0.1) is 10.8 Å². The first-order valence-corrected chi connectivity index (χ1v) is 9.68. The second-order valence-electron chi connectivity index (χ2n) is 10.2. The molecule has 2 fully saturated rings. The molecular weight excluding hydrogens is 372 g/mol. The molecule has 0 aliphatic carbocycles. The van der Waals surface area contributed by atoms with Gasteiger partial charge in [-0.1, -0.05) is 41.5 Å². The predicted molar refractivity (Wildman–Crippen MR) is 98.0 cm³/mol. The minimum atomic E-state index is -1.61. The van der Waals surface area contributed by atoms with E-state index in [1.165, 1.54) is 0 Å². The van der Waals surface area contributed by atoms with E-state index in [0.29, 0.717) is 6.42 Å². The largest absolute Gasteiger partial charge is 0.388 e. The number of rotatable bonds is 3. The summed E-state index contributed by atoms with van der Waals surface area (Å²) in [6, 6.07) is 0. The topological polar surface area (TPSA) is 149 Å². The molecule has 0 aromatic carbocycles. The number of aliphatic hydroxyl groups excluding tert-OH is 6. The maximum absolute atomic E-state index is 10.5. The molecule has 0 amide bonds. The van der Waals surface area contributed by atoms with E-state index in [1.807, 2.05) is 41.5 Å². The van der Waals surface area contributed by atoms with Crippen molar-refractivity contribution in [1.29, 1.82) is 0 Å². The fourth-order valence-corrected chi connectivity index (χ4v) is 3.66. The van der Waals surface area contributed by atoms with E-state index < -0.39 is 66.8 Å². The van der Waals surface area contributed by atoms with Gasteiger partial charge >= 0.3 is 0 Å². The lowest BCUT2D eigenvalue weighted by Crippen LogP contribution is -2.65. The number of hydrogen-bond acceptors (Lipinski definition) is 9. The molecule has 0 saturated carbocycles. The standard InChI is InChI=1S/C19H36O9/c1-18(2,3)7-8-9(20)10(21)13(24)17(26-8)27-14-11(22)12(23)16(25)28-15(14)19(4,5)6/h8-17,20-25H,7H2,1-6H3. The number of ether oxygens (including phenoxy) is 3. The van der Waals surface area contributed by atoms with Gasteiger partial charge in [0.1, 0.15) is 36.6 Å². The third-order valence-electron chi connectivity index (χ3n) is 5.19. The van der Waals surface area contributed by atoms with Crippen molar-refractivity contribution in [3.63, 3.8) is 0 Å². The van der Waals surface area contributed by atoms with Crippen LogP contribution in [0.25, 0.3) is 0 Å². The van der Waals surface area contributed by atoms with Crippen molar-refractivity contribution < 1.29 is 44.8 Å². The zero-order chi connectivity index (χ0) is 21.6. The smallest absolute Gasteiger partial charge is 0.187 e. The summed E-state index contributed by atoms with van der Waals surface area (Å²) in [4.78, 5) is 0. The molecule has 0 aromatic rings. The molecule has 2 aliphatic heterocycles. The van der Waals surface area contributed by atoms with E-state index >= 15 is 0 Å². The van der Waals surface area contributed by atoms with Gasteiger partial charge in [0.15, 0.2) is 12.6 Å². The molecule has 6 N–H and O–H groups in total. The van der Waals surface area contributed by atoms with E-state index in [0.717, 1.165) is 0 Å². The van der Waals surface area contributed by atoms with E-state index in [-0.39, 0.29) is 5.41 Å². The normalized spacial score (nSPS) is 45.9. The Kier molecular flexibility index (Phi) is 7.18. The summed E-state index contributed by atoms with van der Waals surface area (Å²) in [6.45, 7) is 11.3. The quantitative estimate of drug-likeness (QED) is 0.349. The molecule has 0 radical (unpaired) electrons. The van der Waals surface area contributed by atoms with Gasteiger partial charge in [-0.25, -0.2) is 0 Å². The minimum Gasteiger partial charge on any atom is -0.388 e. The average molecular weight is 408 g/mol. The summed E-state index contributed by atoms with van der Waals surface area (Å²) in [5, 5.41) is 61.2. The van der Waals surface area contributed by atoms with Crippen LogP contribution in [-0.2, 0) is 14.2 Å². The van der Waals surface area contributed by atoms with Crippen LogP contribution in [0.1, 0.15) is 48.0 Å². The van der Waals surface area contributed by atoms with Crippen LogP contribution >= 0.6 is 0 Å². The molecule has 2 aliphatic rings. The van der Waals surface area contributed by atoms with Gasteiger partial charge in [-0.15, -0.1) is 0 Å².